The number of aromatic nitrogens is 1. The Bertz CT molecular complexity index is 627. The summed E-state index contributed by atoms with van der Waals surface area (Å²) in [5.74, 6) is 0. The zero-order chi connectivity index (χ0) is 11.0. The minimum absolute atomic E-state index is 0.667. The lowest BCUT2D eigenvalue weighted by molar-refractivity contribution is 0.412. The molecule has 0 N–H and O–H groups in total. The van der Waals surface area contributed by atoms with E-state index < -0.39 is 0 Å². The van der Waals surface area contributed by atoms with Gasteiger partial charge in [-0.05, 0) is 6.07 Å². The average molecular weight is 231 g/mol. The van der Waals surface area contributed by atoms with Gasteiger partial charge in [-0.2, -0.15) is 0 Å². The van der Waals surface area contributed by atoms with Gasteiger partial charge < -0.3 is 9.15 Å². The number of fused-ring (bicyclic) bond motifs is 1. The first kappa shape index (κ1) is 9.42. The fourth-order valence-corrected chi connectivity index (χ4v) is 2.29. The largest absolute Gasteiger partial charge is 0.473 e. The maximum absolute atomic E-state index is 5.47. The van der Waals surface area contributed by atoms with E-state index in [1.54, 1.807) is 13.4 Å². The van der Waals surface area contributed by atoms with Crippen LogP contribution < -0.4 is 4.74 Å². The highest BCUT2D eigenvalue weighted by Crippen LogP contribution is 2.32. The third-order valence-corrected chi connectivity index (χ3v) is 3.22. The summed E-state index contributed by atoms with van der Waals surface area (Å²) in [5, 5.41) is 3.71. The van der Waals surface area contributed by atoms with E-state index in [4.69, 9.17) is 9.15 Å². The highest BCUT2D eigenvalue weighted by molar-refractivity contribution is 7.11. The molecule has 0 fully saturated rings. The molecule has 1 aromatic carbocycles. The van der Waals surface area contributed by atoms with Crippen molar-refractivity contribution >= 4 is 22.3 Å². The number of hydrogen-bond donors (Lipinski definition) is 0. The van der Waals surface area contributed by atoms with Gasteiger partial charge in [-0.15, -0.1) is 0 Å². The van der Waals surface area contributed by atoms with E-state index in [0.717, 1.165) is 22.2 Å². The first-order valence-corrected chi connectivity index (χ1v) is 5.72. The maximum Gasteiger partial charge on any atom is 0.273 e. The van der Waals surface area contributed by atoms with Crippen molar-refractivity contribution in [1.29, 1.82) is 0 Å². The molecule has 3 aromatic rings. The summed E-state index contributed by atoms with van der Waals surface area (Å²) >= 11 is 1.48. The van der Waals surface area contributed by atoms with Gasteiger partial charge in [0.05, 0.1) is 12.8 Å². The Hall–Kier alpha value is -1.81. The third kappa shape index (κ3) is 1.39. The van der Waals surface area contributed by atoms with Gasteiger partial charge in [0, 0.05) is 16.3 Å². The average Bonchev–Trinajstić information content (AvgIpc) is 2.94. The third-order valence-electron chi connectivity index (χ3n) is 2.41. The summed E-state index contributed by atoms with van der Waals surface area (Å²) in [6.07, 6.45) is 1.74. The Morgan fingerprint density at radius 2 is 2.19 bits per heavy atom. The lowest BCUT2D eigenvalue weighted by Crippen LogP contribution is -1.80. The van der Waals surface area contributed by atoms with Crippen LogP contribution in [0.1, 0.15) is 0 Å². The lowest BCUT2D eigenvalue weighted by Gasteiger charge is -1.92. The van der Waals surface area contributed by atoms with Crippen molar-refractivity contribution in [3.8, 4) is 16.5 Å². The summed E-state index contributed by atoms with van der Waals surface area (Å²) < 4.78 is 10.6. The number of methoxy groups -OCH3 is 1. The zero-order valence-corrected chi connectivity index (χ0v) is 9.45. The van der Waals surface area contributed by atoms with Gasteiger partial charge in [0.2, 0.25) is 0 Å². The molecule has 0 atom stereocenters. The number of ether oxygens (including phenoxy) is 1. The number of rotatable bonds is 2. The van der Waals surface area contributed by atoms with Gasteiger partial charge in [0.15, 0.2) is 0 Å². The molecule has 3 nitrogen and oxygen atoms in total. The van der Waals surface area contributed by atoms with Gasteiger partial charge in [-0.25, -0.2) is 4.98 Å². The van der Waals surface area contributed by atoms with E-state index in [1.165, 1.54) is 11.3 Å². The molecule has 3 rings (SSSR count). The van der Waals surface area contributed by atoms with Gasteiger partial charge >= 0.3 is 0 Å². The van der Waals surface area contributed by atoms with E-state index in [2.05, 4.69) is 4.98 Å². The predicted octanol–water partition coefficient (Wildman–Crippen LogP) is 3.56. The fourth-order valence-electron chi connectivity index (χ4n) is 1.65. The second kappa shape index (κ2) is 3.64. The van der Waals surface area contributed by atoms with Crippen molar-refractivity contribution in [2.45, 2.75) is 0 Å². The molecular formula is C12H9NO2S. The summed E-state index contributed by atoms with van der Waals surface area (Å²) in [5.41, 5.74) is 2.78. The van der Waals surface area contributed by atoms with Crippen molar-refractivity contribution < 1.29 is 9.15 Å². The Balaban J connectivity index is 2.18. The van der Waals surface area contributed by atoms with Crippen LogP contribution in [0.4, 0.5) is 0 Å². The van der Waals surface area contributed by atoms with Crippen LogP contribution in [0.25, 0.3) is 22.2 Å². The Kier molecular flexibility index (Phi) is 2.15. The molecule has 0 unspecified atom stereocenters. The minimum Gasteiger partial charge on any atom is -0.473 e. The molecule has 0 aliphatic rings. The minimum atomic E-state index is 0.667. The Morgan fingerprint density at radius 1 is 1.31 bits per heavy atom. The van der Waals surface area contributed by atoms with Crippen LogP contribution in [0.5, 0.6) is 5.19 Å². The predicted molar refractivity (Wildman–Crippen MR) is 63.9 cm³/mol. The highest BCUT2D eigenvalue weighted by Gasteiger charge is 2.10. The first-order valence-electron chi connectivity index (χ1n) is 4.84. The van der Waals surface area contributed by atoms with Crippen molar-refractivity contribution in [2.75, 3.05) is 7.11 Å². The van der Waals surface area contributed by atoms with Crippen LogP contribution in [0.15, 0.2) is 40.3 Å². The summed E-state index contributed by atoms with van der Waals surface area (Å²) in [6.45, 7) is 0. The molecule has 0 aliphatic carbocycles. The molecule has 16 heavy (non-hydrogen) atoms. The second-order valence-electron chi connectivity index (χ2n) is 3.35. The Labute approximate surface area is 96.3 Å². The molecule has 0 saturated heterocycles. The molecule has 2 aromatic heterocycles. The number of thiazole rings is 1. The molecular weight excluding hydrogens is 222 g/mol. The number of nitrogens with zero attached hydrogens (tertiary/aromatic N) is 1. The number of furan rings is 1. The van der Waals surface area contributed by atoms with E-state index in [1.807, 2.05) is 29.6 Å². The Morgan fingerprint density at radius 3 is 3.00 bits per heavy atom. The quantitative estimate of drug-likeness (QED) is 0.676. The van der Waals surface area contributed by atoms with Crippen molar-refractivity contribution in [2.24, 2.45) is 0 Å². The van der Waals surface area contributed by atoms with Gasteiger partial charge in [0.25, 0.3) is 5.19 Å². The van der Waals surface area contributed by atoms with E-state index in [0.29, 0.717) is 5.19 Å². The first-order chi connectivity index (χ1) is 7.88. The molecule has 4 heteroatoms. The second-order valence-corrected chi connectivity index (χ2v) is 4.17. The van der Waals surface area contributed by atoms with Gasteiger partial charge in [-0.1, -0.05) is 29.5 Å². The SMILES string of the molecule is COc1nc(-c2coc3ccccc23)cs1. The van der Waals surface area contributed by atoms with Crippen LogP contribution in [0.2, 0.25) is 0 Å². The lowest BCUT2D eigenvalue weighted by atomic mass is 10.1. The fraction of sp³-hybridized carbons (Fsp3) is 0.0833. The topological polar surface area (TPSA) is 35.3 Å². The highest BCUT2D eigenvalue weighted by atomic mass is 32.1. The van der Waals surface area contributed by atoms with Crippen LogP contribution in [0.3, 0.4) is 0 Å². The van der Waals surface area contributed by atoms with Crippen LogP contribution in [-0.4, -0.2) is 12.1 Å². The van der Waals surface area contributed by atoms with E-state index in [9.17, 15) is 0 Å². The number of benzene rings is 1. The zero-order valence-electron chi connectivity index (χ0n) is 8.64. The van der Waals surface area contributed by atoms with E-state index >= 15 is 0 Å². The normalized spacial score (nSPS) is 10.8. The van der Waals surface area contributed by atoms with Gasteiger partial charge in [0.1, 0.15) is 11.8 Å². The molecule has 0 aliphatic heterocycles. The van der Waals surface area contributed by atoms with Crippen LogP contribution in [-0.2, 0) is 0 Å². The smallest absolute Gasteiger partial charge is 0.273 e. The standard InChI is InChI=1S/C12H9NO2S/c1-14-12-13-10(7-16-12)9-6-15-11-5-3-2-4-8(9)11/h2-7H,1H3. The van der Waals surface area contributed by atoms with Crippen molar-refractivity contribution in [3.05, 3.63) is 35.9 Å². The van der Waals surface area contributed by atoms with Crippen LogP contribution in [0, 0.1) is 0 Å². The molecule has 0 amide bonds. The number of hydrogen-bond acceptors (Lipinski definition) is 4. The summed E-state index contributed by atoms with van der Waals surface area (Å²) in [6, 6.07) is 7.92. The molecule has 2 heterocycles. The molecule has 0 radical (unpaired) electrons. The molecule has 0 spiro atoms. The van der Waals surface area contributed by atoms with Crippen molar-refractivity contribution in [3.63, 3.8) is 0 Å². The van der Waals surface area contributed by atoms with E-state index in [-0.39, 0.29) is 0 Å². The number of para-hydroxylation sites is 1. The molecule has 80 valence electrons. The summed E-state index contributed by atoms with van der Waals surface area (Å²) in [7, 11) is 1.62. The monoisotopic (exact) mass is 231 g/mol. The van der Waals surface area contributed by atoms with Crippen molar-refractivity contribution in [1.82, 2.24) is 4.98 Å². The molecule has 0 saturated carbocycles. The van der Waals surface area contributed by atoms with Crippen LogP contribution >= 0.6 is 11.3 Å². The van der Waals surface area contributed by atoms with Gasteiger partial charge in [-0.3, -0.25) is 0 Å². The molecule has 0 bridgehead atoms. The maximum atomic E-state index is 5.47. The summed E-state index contributed by atoms with van der Waals surface area (Å²) in [4.78, 5) is 4.36.